The van der Waals surface area contributed by atoms with Crippen molar-refractivity contribution in [1.29, 1.82) is 5.41 Å². The number of benzene rings is 2. The zero-order chi connectivity index (χ0) is 22.8. The van der Waals surface area contributed by atoms with Gasteiger partial charge < -0.3 is 15.8 Å². The SMILES string of the molecule is CCC(NC(=N)N)C(=O)Oc1n[nH]c(=O)c2ccc(C(Cl)c3nc4ccccc4s3)cc12. The largest absolute Gasteiger partial charge is 0.404 e. The van der Waals surface area contributed by atoms with Gasteiger partial charge in [0, 0.05) is 0 Å². The number of halogens is 1. The predicted molar refractivity (Wildman–Crippen MR) is 124 cm³/mol. The molecule has 0 radical (unpaired) electrons. The van der Waals surface area contributed by atoms with Crippen LogP contribution in [0.5, 0.6) is 5.88 Å². The van der Waals surface area contributed by atoms with E-state index in [0.717, 1.165) is 10.2 Å². The molecule has 0 saturated carbocycles. The van der Waals surface area contributed by atoms with E-state index in [2.05, 4.69) is 20.5 Å². The maximum absolute atomic E-state index is 12.5. The Kier molecular flexibility index (Phi) is 6.06. The fraction of sp³-hybridized carbons (Fsp3) is 0.190. The summed E-state index contributed by atoms with van der Waals surface area (Å²) >= 11 is 8.20. The Labute approximate surface area is 191 Å². The summed E-state index contributed by atoms with van der Waals surface area (Å²) in [5.74, 6) is -1.10. The monoisotopic (exact) mass is 470 g/mol. The van der Waals surface area contributed by atoms with Crippen molar-refractivity contribution in [2.75, 3.05) is 0 Å². The summed E-state index contributed by atoms with van der Waals surface area (Å²) in [6, 6.07) is 11.9. The van der Waals surface area contributed by atoms with Crippen molar-refractivity contribution in [2.45, 2.75) is 24.8 Å². The molecule has 2 aromatic heterocycles. The summed E-state index contributed by atoms with van der Waals surface area (Å²) in [5.41, 5.74) is 6.44. The number of hydrogen-bond donors (Lipinski definition) is 4. The van der Waals surface area contributed by atoms with Crippen molar-refractivity contribution in [3.63, 3.8) is 0 Å². The van der Waals surface area contributed by atoms with E-state index in [1.807, 2.05) is 24.3 Å². The van der Waals surface area contributed by atoms with Crippen LogP contribution in [0.1, 0.15) is 29.3 Å². The van der Waals surface area contributed by atoms with Crippen molar-refractivity contribution in [2.24, 2.45) is 5.73 Å². The Morgan fingerprint density at radius 1 is 1.31 bits per heavy atom. The molecule has 9 nitrogen and oxygen atoms in total. The van der Waals surface area contributed by atoms with Gasteiger partial charge in [-0.15, -0.1) is 28.0 Å². The van der Waals surface area contributed by atoms with Gasteiger partial charge in [0.1, 0.15) is 16.4 Å². The third-order valence-electron chi connectivity index (χ3n) is 4.82. The van der Waals surface area contributed by atoms with E-state index >= 15 is 0 Å². The highest BCUT2D eigenvalue weighted by Crippen LogP contribution is 2.36. The minimum Gasteiger partial charge on any atom is -0.404 e. The van der Waals surface area contributed by atoms with E-state index in [4.69, 9.17) is 27.5 Å². The topological polar surface area (TPSA) is 147 Å². The van der Waals surface area contributed by atoms with Crippen molar-refractivity contribution in [1.82, 2.24) is 20.5 Å². The number of aromatic amines is 1. The molecule has 2 atom stereocenters. The van der Waals surface area contributed by atoms with E-state index in [9.17, 15) is 9.59 Å². The number of carbonyl (C=O) groups is 1. The molecular weight excluding hydrogens is 452 g/mol. The average molecular weight is 471 g/mol. The minimum absolute atomic E-state index is 0.0663. The number of nitrogens with two attached hydrogens (primary N) is 1. The lowest BCUT2D eigenvalue weighted by atomic mass is 10.1. The predicted octanol–water partition coefficient (Wildman–Crippen LogP) is 3.03. The number of nitrogens with one attached hydrogen (secondary N) is 3. The van der Waals surface area contributed by atoms with E-state index in [1.54, 1.807) is 25.1 Å². The third kappa shape index (κ3) is 4.27. The zero-order valence-electron chi connectivity index (χ0n) is 16.9. The first kappa shape index (κ1) is 21.7. The minimum atomic E-state index is -0.831. The van der Waals surface area contributed by atoms with Gasteiger partial charge in [0.25, 0.3) is 5.56 Å². The van der Waals surface area contributed by atoms with Crippen LogP contribution in [0, 0.1) is 5.41 Å². The van der Waals surface area contributed by atoms with Crippen molar-refractivity contribution < 1.29 is 9.53 Å². The normalized spacial score (nSPS) is 13.1. The number of para-hydroxylation sites is 1. The fourth-order valence-corrected chi connectivity index (χ4v) is 4.51. The maximum Gasteiger partial charge on any atom is 0.335 e. The van der Waals surface area contributed by atoms with E-state index < -0.39 is 22.9 Å². The number of alkyl halides is 1. The number of hydrogen-bond acceptors (Lipinski definition) is 7. The number of guanidine groups is 1. The molecule has 2 aromatic carbocycles. The first-order valence-corrected chi connectivity index (χ1v) is 11.0. The van der Waals surface area contributed by atoms with Crippen LogP contribution in [-0.4, -0.2) is 33.2 Å². The number of thiazole rings is 1. The Bertz CT molecular complexity index is 1350. The number of fused-ring (bicyclic) bond motifs is 2. The van der Waals surface area contributed by atoms with Crippen LogP contribution >= 0.6 is 22.9 Å². The van der Waals surface area contributed by atoms with Crippen LogP contribution in [0.15, 0.2) is 47.3 Å². The molecule has 0 aliphatic carbocycles. The van der Waals surface area contributed by atoms with Gasteiger partial charge in [0.15, 0.2) is 5.96 Å². The van der Waals surface area contributed by atoms with Crippen LogP contribution < -0.4 is 21.3 Å². The molecular formula is C21H19ClN6O3S. The summed E-state index contributed by atoms with van der Waals surface area (Å²) in [7, 11) is 0. The Morgan fingerprint density at radius 2 is 2.09 bits per heavy atom. The first-order chi connectivity index (χ1) is 15.4. The molecule has 32 heavy (non-hydrogen) atoms. The first-order valence-electron chi connectivity index (χ1n) is 9.71. The van der Waals surface area contributed by atoms with Crippen molar-refractivity contribution in [3.8, 4) is 5.88 Å². The van der Waals surface area contributed by atoms with Gasteiger partial charge in [-0.05, 0) is 36.2 Å². The van der Waals surface area contributed by atoms with Crippen LogP contribution in [0.4, 0.5) is 0 Å². The van der Waals surface area contributed by atoms with Crippen LogP contribution in [0.3, 0.4) is 0 Å². The Balaban J connectivity index is 1.71. The lowest BCUT2D eigenvalue weighted by Crippen LogP contribution is -2.45. The van der Waals surface area contributed by atoms with Gasteiger partial charge in [-0.1, -0.05) is 25.1 Å². The molecule has 0 saturated heterocycles. The highest BCUT2D eigenvalue weighted by Gasteiger charge is 2.23. The second-order valence-corrected chi connectivity index (χ2v) is 8.48. The number of H-pyrrole nitrogens is 1. The third-order valence-corrected chi connectivity index (χ3v) is 6.51. The summed E-state index contributed by atoms with van der Waals surface area (Å²) in [4.78, 5) is 29.4. The zero-order valence-corrected chi connectivity index (χ0v) is 18.5. The number of rotatable bonds is 6. The molecule has 0 fully saturated rings. The number of nitrogens with zero attached hydrogens (tertiary/aromatic N) is 2. The second-order valence-electron chi connectivity index (χ2n) is 6.99. The van der Waals surface area contributed by atoms with Gasteiger partial charge in [0.2, 0.25) is 5.88 Å². The van der Waals surface area contributed by atoms with Crippen LogP contribution in [0.2, 0.25) is 0 Å². The molecule has 2 heterocycles. The molecule has 4 aromatic rings. The smallest absolute Gasteiger partial charge is 0.335 e. The Hall–Kier alpha value is -3.50. The lowest BCUT2D eigenvalue weighted by molar-refractivity contribution is -0.136. The van der Waals surface area contributed by atoms with E-state index in [1.165, 1.54) is 11.3 Å². The maximum atomic E-state index is 12.5. The van der Waals surface area contributed by atoms with Crippen molar-refractivity contribution in [3.05, 3.63) is 63.4 Å². The summed E-state index contributed by atoms with van der Waals surface area (Å²) < 4.78 is 6.45. The van der Waals surface area contributed by atoms with Crippen LogP contribution in [0.25, 0.3) is 21.0 Å². The van der Waals surface area contributed by atoms with Crippen LogP contribution in [-0.2, 0) is 4.79 Å². The molecule has 2 unspecified atom stereocenters. The quantitative estimate of drug-likeness (QED) is 0.146. The molecule has 0 aliphatic rings. The summed E-state index contributed by atoms with van der Waals surface area (Å²) in [6.45, 7) is 1.74. The molecule has 0 spiro atoms. The molecule has 0 amide bonds. The van der Waals surface area contributed by atoms with Gasteiger partial charge in [0.05, 0.1) is 21.0 Å². The van der Waals surface area contributed by atoms with Gasteiger partial charge in [-0.3, -0.25) is 10.2 Å². The molecule has 0 aliphatic heterocycles. The summed E-state index contributed by atoms with van der Waals surface area (Å²) in [6.07, 6.45) is 0.340. The molecule has 4 rings (SSSR count). The van der Waals surface area contributed by atoms with Gasteiger partial charge in [-0.2, -0.15) is 0 Å². The standard InChI is InChI=1S/C21H19ClN6O3S/c1-2-13(26-21(23)24)20(30)31-18-12-9-10(7-8-11(12)17(29)27-28-18)16(22)19-25-14-5-3-4-6-15(14)32-19/h3-9,13,16H,2H2,1H3,(H,27,29)(H4,23,24,26). The fourth-order valence-electron chi connectivity index (χ4n) is 3.22. The van der Waals surface area contributed by atoms with Gasteiger partial charge >= 0.3 is 5.97 Å². The van der Waals surface area contributed by atoms with E-state index in [0.29, 0.717) is 27.8 Å². The molecule has 5 N–H and O–H groups in total. The van der Waals surface area contributed by atoms with Gasteiger partial charge in [-0.25, -0.2) is 14.9 Å². The molecule has 164 valence electrons. The second kappa shape index (κ2) is 8.93. The highest BCUT2D eigenvalue weighted by atomic mass is 35.5. The average Bonchev–Trinajstić information content (AvgIpc) is 3.22. The number of aromatic nitrogens is 3. The van der Waals surface area contributed by atoms with Crippen molar-refractivity contribution >= 4 is 55.9 Å². The number of ether oxygens (including phenoxy) is 1. The number of esters is 1. The van der Waals surface area contributed by atoms with E-state index in [-0.39, 0.29) is 11.8 Å². The number of carbonyl (C=O) groups excluding carboxylic acids is 1. The Morgan fingerprint density at radius 3 is 2.81 bits per heavy atom. The molecule has 0 bridgehead atoms. The summed E-state index contributed by atoms with van der Waals surface area (Å²) in [5, 5.41) is 16.9. The lowest BCUT2D eigenvalue weighted by Gasteiger charge is -2.16. The molecule has 11 heteroatoms. The highest BCUT2D eigenvalue weighted by molar-refractivity contribution is 7.18.